The maximum Gasteiger partial charge on any atom is 0.264 e. The van der Waals surface area contributed by atoms with Crippen LogP contribution in [0.5, 0.6) is 5.75 Å². The summed E-state index contributed by atoms with van der Waals surface area (Å²) >= 11 is 0. The molecule has 0 saturated carbocycles. The predicted octanol–water partition coefficient (Wildman–Crippen LogP) is 5.26. The van der Waals surface area contributed by atoms with Crippen LogP contribution in [-0.4, -0.2) is 32.9 Å². The molecule has 0 aromatic heterocycles. The second-order valence-corrected chi connectivity index (χ2v) is 10.2. The van der Waals surface area contributed by atoms with Gasteiger partial charge in [-0.05, 0) is 47.5 Å². The summed E-state index contributed by atoms with van der Waals surface area (Å²) < 4.78 is 48.3. The average Bonchev–Trinajstić information content (AvgIpc) is 2.93. The van der Waals surface area contributed by atoms with Crippen LogP contribution in [0, 0.1) is 5.82 Å². The maximum absolute atomic E-state index is 14.9. The molecule has 4 aromatic rings. The fraction of sp³-hybridized carbons (Fsp3) is 0.138. The Morgan fingerprint density at radius 1 is 0.757 bits per heavy atom. The number of amides is 1. The first-order valence-electron chi connectivity index (χ1n) is 11.7. The number of benzene rings is 4. The molecule has 0 radical (unpaired) electrons. The van der Waals surface area contributed by atoms with Crippen LogP contribution in [0.1, 0.15) is 11.1 Å². The van der Waals surface area contributed by atoms with Crippen LogP contribution in [0.3, 0.4) is 0 Å². The lowest BCUT2D eigenvalue weighted by molar-refractivity contribution is -0.130. The molecule has 0 N–H and O–H groups in total. The van der Waals surface area contributed by atoms with Gasteiger partial charge in [0.2, 0.25) is 5.91 Å². The molecule has 1 amide bonds. The van der Waals surface area contributed by atoms with Crippen LogP contribution in [-0.2, 0) is 27.9 Å². The van der Waals surface area contributed by atoms with Crippen molar-refractivity contribution in [1.82, 2.24) is 4.90 Å². The minimum Gasteiger partial charge on any atom is -0.497 e. The lowest BCUT2D eigenvalue weighted by atomic mass is 10.1. The molecule has 0 aliphatic heterocycles. The first-order valence-corrected chi connectivity index (χ1v) is 13.1. The Bertz CT molecular complexity index is 1390. The maximum atomic E-state index is 14.9. The molecule has 0 spiro atoms. The Morgan fingerprint density at radius 3 is 1.78 bits per heavy atom. The predicted molar refractivity (Wildman–Crippen MR) is 141 cm³/mol. The molecule has 8 heteroatoms. The zero-order valence-corrected chi connectivity index (χ0v) is 21.1. The van der Waals surface area contributed by atoms with Gasteiger partial charge < -0.3 is 9.64 Å². The van der Waals surface area contributed by atoms with Crippen molar-refractivity contribution in [2.75, 3.05) is 18.0 Å². The summed E-state index contributed by atoms with van der Waals surface area (Å²) in [4.78, 5) is 15.2. The van der Waals surface area contributed by atoms with E-state index < -0.39 is 28.3 Å². The molecule has 6 nitrogen and oxygen atoms in total. The van der Waals surface area contributed by atoms with Crippen LogP contribution < -0.4 is 9.04 Å². The molecular weight excluding hydrogens is 491 g/mol. The third-order valence-electron chi connectivity index (χ3n) is 5.83. The summed E-state index contributed by atoms with van der Waals surface area (Å²) in [6.07, 6.45) is 0. The van der Waals surface area contributed by atoms with Gasteiger partial charge in [0.25, 0.3) is 10.0 Å². The number of carbonyl (C=O) groups excluding carboxylic acids is 1. The molecule has 0 unspecified atom stereocenters. The second-order valence-electron chi connectivity index (χ2n) is 8.36. The summed E-state index contributed by atoms with van der Waals surface area (Å²) in [6.45, 7) is -0.0422. The van der Waals surface area contributed by atoms with E-state index in [0.29, 0.717) is 5.75 Å². The van der Waals surface area contributed by atoms with Crippen LogP contribution in [0.15, 0.2) is 114 Å². The Balaban J connectivity index is 1.70. The molecule has 0 bridgehead atoms. The van der Waals surface area contributed by atoms with Crippen LogP contribution in [0.2, 0.25) is 0 Å². The standard InChI is InChI=1S/C29H27FN2O4S/c1-36-25-16-18-26(19-17-25)37(34,35)32(28-15-9-8-14-27(28)30)22-29(33)31(20-23-10-4-2-5-11-23)21-24-12-6-3-7-13-24/h2-19H,20-22H2,1H3. The SMILES string of the molecule is COc1ccc(S(=O)(=O)N(CC(=O)N(Cc2ccccc2)Cc2ccccc2)c2ccccc2F)cc1. The average molecular weight is 519 g/mol. The van der Waals surface area contributed by atoms with Crippen LogP contribution >= 0.6 is 0 Å². The van der Waals surface area contributed by atoms with Gasteiger partial charge in [-0.25, -0.2) is 12.8 Å². The van der Waals surface area contributed by atoms with Gasteiger partial charge in [-0.3, -0.25) is 9.10 Å². The van der Waals surface area contributed by atoms with Gasteiger partial charge in [-0.1, -0.05) is 72.8 Å². The van der Waals surface area contributed by atoms with E-state index in [1.54, 1.807) is 4.90 Å². The second kappa shape index (κ2) is 11.7. The first kappa shape index (κ1) is 25.9. The van der Waals surface area contributed by atoms with E-state index in [0.717, 1.165) is 15.4 Å². The quantitative estimate of drug-likeness (QED) is 0.287. The summed E-state index contributed by atoms with van der Waals surface area (Å²) in [6, 6.07) is 30.1. The van der Waals surface area contributed by atoms with Crippen molar-refractivity contribution in [3.8, 4) is 5.75 Å². The van der Waals surface area contributed by atoms with E-state index in [2.05, 4.69) is 0 Å². The number of anilines is 1. The summed E-state index contributed by atoms with van der Waals surface area (Å²) in [5.41, 5.74) is 1.58. The fourth-order valence-corrected chi connectivity index (χ4v) is 5.31. The van der Waals surface area contributed by atoms with E-state index in [1.165, 1.54) is 55.6 Å². The number of hydrogen-bond acceptors (Lipinski definition) is 4. The number of nitrogens with zero attached hydrogens (tertiary/aromatic N) is 2. The van der Waals surface area contributed by atoms with Gasteiger partial charge in [0.05, 0.1) is 17.7 Å². The first-order chi connectivity index (χ1) is 17.9. The minimum atomic E-state index is -4.29. The smallest absolute Gasteiger partial charge is 0.264 e. The van der Waals surface area contributed by atoms with Crippen LogP contribution in [0.4, 0.5) is 10.1 Å². The number of carbonyl (C=O) groups is 1. The molecule has 0 aliphatic rings. The van der Waals surface area contributed by atoms with E-state index in [1.807, 2.05) is 60.7 Å². The third-order valence-corrected chi connectivity index (χ3v) is 7.61. The number of rotatable bonds is 10. The van der Waals surface area contributed by atoms with Crippen molar-refractivity contribution in [2.45, 2.75) is 18.0 Å². The van der Waals surface area contributed by atoms with Crippen molar-refractivity contribution in [3.63, 3.8) is 0 Å². The molecule has 4 rings (SSSR count). The van der Waals surface area contributed by atoms with Crippen molar-refractivity contribution in [2.24, 2.45) is 0 Å². The van der Waals surface area contributed by atoms with E-state index in [4.69, 9.17) is 4.74 Å². The minimum absolute atomic E-state index is 0.0815. The lowest BCUT2D eigenvalue weighted by Gasteiger charge is -2.29. The van der Waals surface area contributed by atoms with E-state index in [9.17, 15) is 17.6 Å². The van der Waals surface area contributed by atoms with E-state index in [-0.39, 0.29) is 23.7 Å². The highest BCUT2D eigenvalue weighted by Gasteiger charge is 2.31. The number of ether oxygens (including phenoxy) is 1. The molecule has 0 aliphatic carbocycles. The van der Waals surface area contributed by atoms with Gasteiger partial charge in [0.15, 0.2) is 0 Å². The summed E-state index contributed by atoms with van der Waals surface area (Å²) in [7, 11) is -2.81. The Morgan fingerprint density at radius 2 is 1.27 bits per heavy atom. The highest BCUT2D eigenvalue weighted by Crippen LogP contribution is 2.28. The third kappa shape index (κ3) is 6.34. The highest BCUT2D eigenvalue weighted by atomic mass is 32.2. The van der Waals surface area contributed by atoms with Crippen molar-refractivity contribution >= 4 is 21.6 Å². The van der Waals surface area contributed by atoms with E-state index >= 15 is 0 Å². The number of methoxy groups -OCH3 is 1. The molecule has 190 valence electrons. The molecule has 4 aromatic carbocycles. The van der Waals surface area contributed by atoms with Crippen molar-refractivity contribution < 1.29 is 22.3 Å². The van der Waals surface area contributed by atoms with Gasteiger partial charge in [-0.15, -0.1) is 0 Å². The van der Waals surface area contributed by atoms with Crippen LogP contribution in [0.25, 0.3) is 0 Å². The fourth-order valence-electron chi connectivity index (χ4n) is 3.89. The number of hydrogen-bond donors (Lipinski definition) is 0. The molecule has 0 atom stereocenters. The van der Waals surface area contributed by atoms with Crippen molar-refractivity contribution in [3.05, 3.63) is 126 Å². The Labute approximate surface area is 216 Å². The Hall–Kier alpha value is -4.17. The Kier molecular flexibility index (Phi) is 8.20. The van der Waals surface area contributed by atoms with Gasteiger partial charge in [0, 0.05) is 13.1 Å². The molecule has 37 heavy (non-hydrogen) atoms. The topological polar surface area (TPSA) is 66.9 Å². The number of sulfonamides is 1. The highest BCUT2D eigenvalue weighted by molar-refractivity contribution is 7.92. The molecule has 0 fully saturated rings. The largest absolute Gasteiger partial charge is 0.497 e. The normalized spacial score (nSPS) is 11.1. The lowest BCUT2D eigenvalue weighted by Crippen LogP contribution is -2.43. The zero-order valence-electron chi connectivity index (χ0n) is 20.3. The number of para-hydroxylation sites is 1. The summed E-state index contributed by atoms with van der Waals surface area (Å²) in [5, 5.41) is 0. The van der Waals surface area contributed by atoms with Gasteiger partial charge >= 0.3 is 0 Å². The number of halogens is 1. The van der Waals surface area contributed by atoms with Crippen molar-refractivity contribution in [1.29, 1.82) is 0 Å². The molecule has 0 saturated heterocycles. The van der Waals surface area contributed by atoms with Gasteiger partial charge in [-0.2, -0.15) is 0 Å². The monoisotopic (exact) mass is 518 g/mol. The molecule has 0 heterocycles. The summed E-state index contributed by atoms with van der Waals surface area (Å²) in [5.74, 6) is -0.734. The van der Waals surface area contributed by atoms with Gasteiger partial charge in [0.1, 0.15) is 18.1 Å². The zero-order chi connectivity index (χ0) is 26.3. The molecular formula is C29H27FN2O4S.